The van der Waals surface area contributed by atoms with E-state index in [1.54, 1.807) is 25.3 Å². The molecule has 2 heterocycles. The van der Waals surface area contributed by atoms with Gasteiger partial charge < -0.3 is 24.8 Å². The van der Waals surface area contributed by atoms with Gasteiger partial charge in [-0.2, -0.15) is 0 Å². The van der Waals surface area contributed by atoms with Gasteiger partial charge in [-0.15, -0.1) is 0 Å². The van der Waals surface area contributed by atoms with Gasteiger partial charge in [0.25, 0.3) is 0 Å². The Morgan fingerprint density at radius 3 is 2.67 bits per heavy atom. The molecular formula is C27H26N4O4S. The highest BCUT2D eigenvalue weighted by Crippen LogP contribution is 2.35. The molecule has 1 atom stereocenters. The molecule has 0 bridgehead atoms. The molecule has 0 aliphatic carbocycles. The summed E-state index contributed by atoms with van der Waals surface area (Å²) in [5.74, 6) is 2.72. The number of ether oxygens (including phenoxy) is 3. The summed E-state index contributed by atoms with van der Waals surface area (Å²) in [6, 6.07) is 21.1. The Balaban J connectivity index is 1.33. The van der Waals surface area contributed by atoms with Crippen LogP contribution in [0.1, 0.15) is 18.9 Å². The number of anilines is 2. The molecule has 3 aromatic carbocycles. The first kappa shape index (κ1) is 23.7. The van der Waals surface area contributed by atoms with Crippen LogP contribution in [0.4, 0.5) is 11.5 Å². The maximum absolute atomic E-state index is 13.1. The van der Waals surface area contributed by atoms with Gasteiger partial charge >= 0.3 is 0 Å². The number of nitrogens with zero attached hydrogens (tertiary/aromatic N) is 2. The van der Waals surface area contributed by atoms with Gasteiger partial charge in [0, 0.05) is 23.7 Å². The number of fused-ring (bicyclic) bond motifs is 2. The van der Waals surface area contributed by atoms with Crippen molar-refractivity contribution in [3.63, 3.8) is 0 Å². The van der Waals surface area contributed by atoms with Crippen molar-refractivity contribution in [3.05, 3.63) is 72.3 Å². The Hall–Kier alpha value is -3.98. The lowest BCUT2D eigenvalue weighted by molar-refractivity contribution is -0.115. The van der Waals surface area contributed by atoms with E-state index in [1.807, 2.05) is 55.5 Å². The van der Waals surface area contributed by atoms with Gasteiger partial charge in [0.1, 0.15) is 11.6 Å². The highest BCUT2D eigenvalue weighted by atomic mass is 32.2. The Bertz CT molecular complexity index is 1380. The second-order valence-electron chi connectivity index (χ2n) is 8.15. The fourth-order valence-corrected chi connectivity index (χ4v) is 4.70. The standard InChI is InChI=1S/C27H26N4O4S/c1-3-24(26(32)29-18-10-13-22-23(14-18)35-16-34-22)36-27-30-21-7-5-4-6-20(21)25(31-27)28-15-17-8-11-19(33-2)12-9-17/h4-14,24H,3,15-16H2,1-2H3,(H,29,32)(H,28,30,31). The zero-order valence-corrected chi connectivity index (χ0v) is 20.8. The molecule has 5 rings (SSSR count). The first-order valence-electron chi connectivity index (χ1n) is 11.6. The van der Waals surface area contributed by atoms with Crippen molar-refractivity contribution in [2.45, 2.75) is 30.3 Å². The number of hydrogen-bond donors (Lipinski definition) is 2. The Morgan fingerprint density at radius 1 is 1.06 bits per heavy atom. The highest BCUT2D eigenvalue weighted by Gasteiger charge is 2.22. The average molecular weight is 503 g/mol. The number of nitrogens with one attached hydrogen (secondary N) is 2. The van der Waals surface area contributed by atoms with E-state index in [1.165, 1.54) is 11.8 Å². The van der Waals surface area contributed by atoms with E-state index in [2.05, 4.69) is 10.6 Å². The number of methoxy groups -OCH3 is 1. The Kier molecular flexibility index (Phi) is 7.08. The van der Waals surface area contributed by atoms with Gasteiger partial charge in [-0.1, -0.05) is 43.0 Å². The second-order valence-corrected chi connectivity index (χ2v) is 9.32. The third-order valence-electron chi connectivity index (χ3n) is 5.75. The number of benzene rings is 3. The van der Waals surface area contributed by atoms with Crippen LogP contribution in [0.5, 0.6) is 17.2 Å². The Labute approximate surface area is 213 Å². The smallest absolute Gasteiger partial charge is 0.237 e. The van der Waals surface area contributed by atoms with Crippen LogP contribution in [-0.2, 0) is 11.3 Å². The molecule has 1 aromatic heterocycles. The van der Waals surface area contributed by atoms with Gasteiger partial charge in [-0.3, -0.25) is 4.79 Å². The zero-order valence-electron chi connectivity index (χ0n) is 20.0. The summed E-state index contributed by atoms with van der Waals surface area (Å²) in [4.78, 5) is 22.6. The van der Waals surface area contributed by atoms with Gasteiger partial charge in [0.15, 0.2) is 16.7 Å². The molecule has 9 heteroatoms. The van der Waals surface area contributed by atoms with Gasteiger partial charge in [0.2, 0.25) is 12.7 Å². The Morgan fingerprint density at radius 2 is 1.86 bits per heavy atom. The third-order valence-corrected chi connectivity index (χ3v) is 6.98. The number of hydrogen-bond acceptors (Lipinski definition) is 8. The summed E-state index contributed by atoms with van der Waals surface area (Å²) in [5, 5.41) is 7.50. The van der Waals surface area contributed by atoms with Gasteiger partial charge in [-0.25, -0.2) is 9.97 Å². The summed E-state index contributed by atoms with van der Waals surface area (Å²) in [6.45, 7) is 2.76. The normalized spacial score (nSPS) is 12.8. The predicted molar refractivity (Wildman–Crippen MR) is 141 cm³/mol. The number of para-hydroxylation sites is 1. The number of carbonyl (C=O) groups excluding carboxylic acids is 1. The predicted octanol–water partition coefficient (Wildman–Crippen LogP) is 5.49. The second kappa shape index (κ2) is 10.7. The van der Waals surface area contributed by atoms with Crippen molar-refractivity contribution in [1.82, 2.24) is 9.97 Å². The van der Waals surface area contributed by atoms with Crippen molar-refractivity contribution in [3.8, 4) is 17.2 Å². The molecule has 0 saturated heterocycles. The van der Waals surface area contributed by atoms with E-state index in [9.17, 15) is 4.79 Å². The van der Waals surface area contributed by atoms with Crippen molar-refractivity contribution in [2.24, 2.45) is 0 Å². The van der Waals surface area contributed by atoms with E-state index in [4.69, 9.17) is 24.2 Å². The van der Waals surface area contributed by atoms with E-state index in [0.29, 0.717) is 35.3 Å². The van der Waals surface area contributed by atoms with E-state index in [0.717, 1.165) is 28.0 Å². The molecule has 4 aromatic rings. The molecule has 0 spiro atoms. The lowest BCUT2D eigenvalue weighted by Gasteiger charge is -2.16. The van der Waals surface area contributed by atoms with Crippen LogP contribution >= 0.6 is 11.8 Å². The number of amides is 1. The summed E-state index contributed by atoms with van der Waals surface area (Å²) in [6.07, 6.45) is 0.617. The molecular weight excluding hydrogens is 476 g/mol. The summed E-state index contributed by atoms with van der Waals surface area (Å²) < 4.78 is 16.0. The van der Waals surface area contributed by atoms with Gasteiger partial charge in [0.05, 0.1) is 17.9 Å². The zero-order chi connectivity index (χ0) is 24.9. The minimum Gasteiger partial charge on any atom is -0.497 e. The van der Waals surface area contributed by atoms with E-state index in [-0.39, 0.29) is 18.0 Å². The quantitative estimate of drug-likeness (QED) is 0.229. The molecule has 1 amide bonds. The molecule has 1 unspecified atom stereocenters. The van der Waals surface area contributed by atoms with Crippen molar-refractivity contribution in [1.29, 1.82) is 0 Å². The largest absolute Gasteiger partial charge is 0.497 e. The maximum Gasteiger partial charge on any atom is 0.237 e. The van der Waals surface area contributed by atoms with Crippen LogP contribution < -0.4 is 24.8 Å². The number of rotatable bonds is 9. The monoisotopic (exact) mass is 502 g/mol. The molecule has 0 radical (unpaired) electrons. The van der Waals surface area contributed by atoms with Gasteiger partial charge in [-0.05, 0) is 48.4 Å². The summed E-state index contributed by atoms with van der Waals surface area (Å²) >= 11 is 1.35. The summed E-state index contributed by atoms with van der Waals surface area (Å²) in [7, 11) is 1.65. The van der Waals surface area contributed by atoms with Crippen LogP contribution in [-0.4, -0.2) is 35.0 Å². The number of thioether (sulfide) groups is 1. The highest BCUT2D eigenvalue weighted by molar-refractivity contribution is 8.00. The van der Waals surface area contributed by atoms with Crippen LogP contribution in [0.15, 0.2) is 71.9 Å². The van der Waals surface area contributed by atoms with Crippen LogP contribution in [0.3, 0.4) is 0 Å². The SMILES string of the molecule is CCC(Sc1nc(NCc2ccc(OC)cc2)c2ccccc2n1)C(=O)Nc1ccc2c(c1)OCO2. The lowest BCUT2D eigenvalue weighted by Crippen LogP contribution is -2.24. The minimum absolute atomic E-state index is 0.120. The number of carbonyl (C=O) groups is 1. The fraction of sp³-hybridized carbons (Fsp3) is 0.222. The molecule has 36 heavy (non-hydrogen) atoms. The van der Waals surface area contributed by atoms with Crippen molar-refractivity contribution >= 4 is 40.1 Å². The molecule has 184 valence electrons. The van der Waals surface area contributed by atoms with Crippen LogP contribution in [0, 0.1) is 0 Å². The molecule has 1 aliphatic heterocycles. The average Bonchev–Trinajstić information content (AvgIpc) is 3.38. The van der Waals surface area contributed by atoms with E-state index < -0.39 is 0 Å². The molecule has 0 fully saturated rings. The number of aromatic nitrogens is 2. The van der Waals surface area contributed by atoms with Crippen LogP contribution in [0.2, 0.25) is 0 Å². The molecule has 2 N–H and O–H groups in total. The third kappa shape index (κ3) is 5.31. The first-order valence-corrected chi connectivity index (χ1v) is 12.5. The summed E-state index contributed by atoms with van der Waals surface area (Å²) in [5.41, 5.74) is 2.57. The fourth-order valence-electron chi connectivity index (χ4n) is 3.82. The maximum atomic E-state index is 13.1. The minimum atomic E-state index is -0.369. The first-order chi connectivity index (χ1) is 17.6. The molecule has 0 saturated carbocycles. The molecule has 8 nitrogen and oxygen atoms in total. The lowest BCUT2D eigenvalue weighted by atomic mass is 10.2. The topological polar surface area (TPSA) is 94.6 Å². The van der Waals surface area contributed by atoms with E-state index >= 15 is 0 Å². The van der Waals surface area contributed by atoms with Crippen molar-refractivity contribution < 1.29 is 19.0 Å². The van der Waals surface area contributed by atoms with Crippen LogP contribution in [0.25, 0.3) is 10.9 Å². The van der Waals surface area contributed by atoms with Crippen molar-refractivity contribution in [2.75, 3.05) is 24.5 Å². The molecule has 1 aliphatic rings.